The topological polar surface area (TPSA) is 29.9 Å². The minimum absolute atomic E-state index is 0.840. The Hall–Kier alpha value is -1.51. The van der Waals surface area contributed by atoms with Crippen molar-refractivity contribution in [1.82, 2.24) is 14.9 Å². The quantitative estimate of drug-likeness (QED) is 0.671. The maximum Gasteiger partial charge on any atom is 0.155 e. The summed E-state index contributed by atoms with van der Waals surface area (Å²) in [7, 11) is 3.77. The van der Waals surface area contributed by atoms with Crippen molar-refractivity contribution in [3.8, 4) is 0 Å². The van der Waals surface area contributed by atoms with Gasteiger partial charge in [-0.2, -0.15) is 0 Å². The second kappa shape index (κ2) is 5.18. The van der Waals surface area contributed by atoms with Gasteiger partial charge in [-0.1, -0.05) is 6.58 Å². The minimum Gasteiger partial charge on any atom is -0.386 e. The molecule has 1 heterocycles. The number of aryl methyl sites for hydroxylation is 1. The summed E-state index contributed by atoms with van der Waals surface area (Å²) in [4.78, 5) is 4.09. The Kier molecular flexibility index (Phi) is 4.53. The Balaban J connectivity index is 0.000000561. The van der Waals surface area contributed by atoms with E-state index in [4.69, 9.17) is 0 Å². The summed E-state index contributed by atoms with van der Waals surface area (Å²) in [6.07, 6.45) is 3.63. The Labute approximate surface area is 73.4 Å². The molecule has 1 aromatic heterocycles. The van der Waals surface area contributed by atoms with Gasteiger partial charge in [-0.3, -0.25) is 0 Å². The molecule has 0 saturated carbocycles. The van der Waals surface area contributed by atoms with Crippen molar-refractivity contribution in [2.24, 2.45) is 7.05 Å². The van der Waals surface area contributed by atoms with E-state index in [2.05, 4.69) is 30.0 Å². The van der Waals surface area contributed by atoms with Crippen LogP contribution in [0.2, 0.25) is 0 Å². The summed E-state index contributed by atoms with van der Waals surface area (Å²) in [6.45, 7) is 9.78. The molecule has 0 aliphatic carbocycles. The first-order valence-electron chi connectivity index (χ1n) is 3.60. The van der Waals surface area contributed by atoms with E-state index in [0.717, 1.165) is 11.5 Å². The molecule has 0 atom stereocenters. The van der Waals surface area contributed by atoms with Gasteiger partial charge in [0, 0.05) is 26.5 Å². The van der Waals surface area contributed by atoms with Crippen LogP contribution >= 0.6 is 0 Å². The van der Waals surface area contributed by atoms with E-state index < -0.39 is 0 Å². The van der Waals surface area contributed by atoms with Crippen molar-refractivity contribution in [3.05, 3.63) is 38.0 Å². The standard InChI is InChI=1S/C7H11N3.C2H4/c1-6(8-2)7-9-4-5-10(7)3;1-2/h4-5,8H,1H2,2-3H3;1-2H2. The number of imidazole rings is 1. The van der Waals surface area contributed by atoms with Gasteiger partial charge in [-0.05, 0) is 0 Å². The first-order chi connectivity index (χ1) is 5.75. The molecule has 66 valence electrons. The summed E-state index contributed by atoms with van der Waals surface area (Å²) in [5.74, 6) is 0.877. The number of rotatable bonds is 2. The molecule has 0 fully saturated rings. The van der Waals surface area contributed by atoms with Crippen LogP contribution in [-0.2, 0) is 7.05 Å². The molecule has 0 saturated heterocycles. The summed E-state index contributed by atoms with van der Waals surface area (Å²) in [6, 6.07) is 0. The summed E-state index contributed by atoms with van der Waals surface area (Å²) in [5, 5.41) is 2.93. The molecule has 0 aliphatic heterocycles. The van der Waals surface area contributed by atoms with E-state index in [1.54, 1.807) is 6.20 Å². The predicted octanol–water partition coefficient (Wildman–Crippen LogP) is 1.41. The molecule has 0 spiro atoms. The van der Waals surface area contributed by atoms with Gasteiger partial charge < -0.3 is 9.88 Å². The number of hydrogen-bond acceptors (Lipinski definition) is 2. The van der Waals surface area contributed by atoms with Crippen LogP contribution in [0.5, 0.6) is 0 Å². The van der Waals surface area contributed by atoms with Crippen LogP contribution in [-0.4, -0.2) is 16.6 Å². The van der Waals surface area contributed by atoms with E-state index in [1.807, 2.05) is 24.9 Å². The van der Waals surface area contributed by atoms with Gasteiger partial charge in [0.25, 0.3) is 0 Å². The lowest BCUT2D eigenvalue weighted by Crippen LogP contribution is -2.07. The first kappa shape index (κ1) is 10.5. The zero-order valence-electron chi connectivity index (χ0n) is 7.67. The van der Waals surface area contributed by atoms with Crippen molar-refractivity contribution in [1.29, 1.82) is 0 Å². The average Bonchev–Trinajstić information content (AvgIpc) is 2.54. The number of nitrogens with one attached hydrogen (secondary N) is 1. The summed E-state index contributed by atoms with van der Waals surface area (Å²) in [5.41, 5.74) is 0.840. The van der Waals surface area contributed by atoms with Crippen molar-refractivity contribution in [2.75, 3.05) is 7.05 Å². The average molecular weight is 165 g/mol. The Morgan fingerprint density at radius 3 is 2.50 bits per heavy atom. The normalized spacial score (nSPS) is 8.17. The fourth-order valence-electron chi connectivity index (χ4n) is 0.768. The second-order valence-corrected chi connectivity index (χ2v) is 2.09. The molecule has 1 N–H and O–H groups in total. The van der Waals surface area contributed by atoms with Crippen LogP contribution in [0.1, 0.15) is 5.82 Å². The van der Waals surface area contributed by atoms with E-state index in [1.165, 1.54) is 0 Å². The van der Waals surface area contributed by atoms with Crippen LogP contribution in [0.25, 0.3) is 5.70 Å². The molecule has 0 bridgehead atoms. The largest absolute Gasteiger partial charge is 0.386 e. The van der Waals surface area contributed by atoms with Crippen LogP contribution in [0.15, 0.2) is 32.1 Å². The van der Waals surface area contributed by atoms with Crippen molar-refractivity contribution < 1.29 is 0 Å². The molecule has 0 amide bonds. The summed E-state index contributed by atoms with van der Waals surface area (Å²) >= 11 is 0. The molecule has 0 aliphatic rings. The monoisotopic (exact) mass is 165 g/mol. The Bertz CT molecular complexity index is 250. The molecule has 12 heavy (non-hydrogen) atoms. The van der Waals surface area contributed by atoms with E-state index >= 15 is 0 Å². The molecule has 0 aromatic carbocycles. The Morgan fingerprint density at radius 1 is 1.58 bits per heavy atom. The highest BCUT2D eigenvalue weighted by atomic mass is 15.1. The highest BCUT2D eigenvalue weighted by Crippen LogP contribution is 2.02. The summed E-state index contributed by atoms with van der Waals surface area (Å²) < 4.78 is 1.92. The number of hydrogen-bond donors (Lipinski definition) is 1. The van der Waals surface area contributed by atoms with Gasteiger partial charge >= 0.3 is 0 Å². The van der Waals surface area contributed by atoms with Crippen molar-refractivity contribution >= 4 is 5.70 Å². The van der Waals surface area contributed by atoms with Gasteiger partial charge in [0.2, 0.25) is 0 Å². The van der Waals surface area contributed by atoms with Gasteiger partial charge in [0.05, 0.1) is 5.70 Å². The van der Waals surface area contributed by atoms with E-state index in [-0.39, 0.29) is 0 Å². The molecule has 1 rings (SSSR count). The van der Waals surface area contributed by atoms with Crippen LogP contribution in [0.3, 0.4) is 0 Å². The zero-order chi connectivity index (χ0) is 9.56. The SMILES string of the molecule is C=C.C=C(NC)c1nccn1C. The van der Waals surface area contributed by atoms with Crippen LogP contribution in [0.4, 0.5) is 0 Å². The third kappa shape index (κ3) is 2.27. The number of aromatic nitrogens is 2. The van der Waals surface area contributed by atoms with E-state index in [0.29, 0.717) is 0 Å². The third-order valence-corrected chi connectivity index (χ3v) is 1.39. The van der Waals surface area contributed by atoms with Crippen LogP contribution < -0.4 is 5.32 Å². The lowest BCUT2D eigenvalue weighted by Gasteiger charge is -2.02. The highest BCUT2D eigenvalue weighted by Gasteiger charge is 1.99. The molecule has 0 radical (unpaired) electrons. The number of nitrogens with zero attached hydrogens (tertiary/aromatic N) is 2. The van der Waals surface area contributed by atoms with Crippen molar-refractivity contribution in [3.63, 3.8) is 0 Å². The highest BCUT2D eigenvalue weighted by molar-refractivity contribution is 5.54. The first-order valence-corrected chi connectivity index (χ1v) is 3.60. The minimum atomic E-state index is 0.840. The molecule has 1 aromatic rings. The Morgan fingerprint density at radius 2 is 2.17 bits per heavy atom. The lowest BCUT2D eigenvalue weighted by molar-refractivity contribution is 0.873. The van der Waals surface area contributed by atoms with Crippen molar-refractivity contribution in [2.45, 2.75) is 0 Å². The predicted molar refractivity (Wildman–Crippen MR) is 52.6 cm³/mol. The molecule has 0 unspecified atom stereocenters. The van der Waals surface area contributed by atoms with Crippen LogP contribution in [0, 0.1) is 0 Å². The smallest absolute Gasteiger partial charge is 0.155 e. The zero-order valence-corrected chi connectivity index (χ0v) is 7.67. The molecular formula is C9H15N3. The molecule has 3 heteroatoms. The van der Waals surface area contributed by atoms with Gasteiger partial charge in [-0.25, -0.2) is 4.98 Å². The maximum absolute atomic E-state index is 4.09. The van der Waals surface area contributed by atoms with E-state index in [9.17, 15) is 0 Å². The van der Waals surface area contributed by atoms with Gasteiger partial charge in [-0.15, -0.1) is 13.2 Å². The molecule has 3 nitrogen and oxygen atoms in total. The lowest BCUT2D eigenvalue weighted by atomic mass is 10.4. The van der Waals surface area contributed by atoms with Gasteiger partial charge in [0.1, 0.15) is 0 Å². The second-order valence-electron chi connectivity index (χ2n) is 2.09. The fourth-order valence-corrected chi connectivity index (χ4v) is 0.768. The maximum atomic E-state index is 4.09. The van der Waals surface area contributed by atoms with Gasteiger partial charge in [0.15, 0.2) is 5.82 Å². The fraction of sp³-hybridized carbons (Fsp3) is 0.222. The molecular weight excluding hydrogens is 150 g/mol. The third-order valence-electron chi connectivity index (χ3n) is 1.39.